The maximum Gasteiger partial charge on any atom is 0.251 e. The zero-order valence-electron chi connectivity index (χ0n) is 22.0. The highest BCUT2D eigenvalue weighted by Gasteiger charge is 2.26. The lowest BCUT2D eigenvalue weighted by Crippen LogP contribution is -2.32. The van der Waals surface area contributed by atoms with Gasteiger partial charge in [0.25, 0.3) is 5.91 Å². The van der Waals surface area contributed by atoms with Gasteiger partial charge in [-0.05, 0) is 47.5 Å². The number of aromatic nitrogens is 1. The molecule has 1 atom stereocenters. The molecule has 9 heteroatoms. The fourth-order valence-electron chi connectivity index (χ4n) is 4.64. The maximum absolute atomic E-state index is 13.3. The van der Waals surface area contributed by atoms with Crippen molar-refractivity contribution in [3.05, 3.63) is 94.6 Å². The summed E-state index contributed by atoms with van der Waals surface area (Å²) in [5.74, 6) is -0.495. The van der Waals surface area contributed by atoms with Gasteiger partial charge in [0.15, 0.2) is 0 Å². The van der Waals surface area contributed by atoms with Crippen LogP contribution >= 0.6 is 11.6 Å². The number of halogens is 1. The Morgan fingerprint density at radius 3 is 2.34 bits per heavy atom. The third-order valence-corrected chi connectivity index (χ3v) is 9.32. The summed E-state index contributed by atoms with van der Waals surface area (Å²) in [6.45, 7) is 4.47. The van der Waals surface area contributed by atoms with Crippen LogP contribution in [-0.4, -0.2) is 57.3 Å². The molecule has 0 bridgehead atoms. The van der Waals surface area contributed by atoms with Crippen molar-refractivity contribution < 1.29 is 13.2 Å². The second kappa shape index (κ2) is 11.6. The minimum Gasteiger partial charge on any atom is -0.378 e. The number of aromatic amines is 1. The van der Waals surface area contributed by atoms with Crippen LogP contribution in [0.1, 0.15) is 41.3 Å². The van der Waals surface area contributed by atoms with Gasteiger partial charge in [0.05, 0.1) is 5.02 Å². The fourth-order valence-corrected chi connectivity index (χ4v) is 6.59. The Morgan fingerprint density at radius 1 is 1.00 bits per heavy atom. The number of H-pyrrole nitrogens is 1. The number of rotatable bonds is 10. The lowest BCUT2D eigenvalue weighted by Gasteiger charge is -2.21. The minimum absolute atomic E-state index is 0.0667. The van der Waals surface area contributed by atoms with E-state index in [1.807, 2.05) is 43.4 Å². The van der Waals surface area contributed by atoms with Gasteiger partial charge in [0.2, 0.25) is 10.0 Å². The molecule has 200 valence electrons. The lowest BCUT2D eigenvalue weighted by molar-refractivity contribution is 0.0952. The van der Waals surface area contributed by atoms with E-state index in [9.17, 15) is 13.2 Å². The van der Waals surface area contributed by atoms with Crippen LogP contribution in [0.25, 0.3) is 10.9 Å². The SMILES string of the molecule is CCN(CC)S(=O)(=O)c1cc(C(=O)NC[C@H](c2ccc(N(C)C)cc2)c2c[nH]c3ccccc23)ccc1Cl. The lowest BCUT2D eigenvalue weighted by atomic mass is 9.90. The van der Waals surface area contributed by atoms with E-state index >= 15 is 0 Å². The van der Waals surface area contributed by atoms with E-state index in [1.165, 1.54) is 16.4 Å². The van der Waals surface area contributed by atoms with E-state index in [-0.39, 0.29) is 27.3 Å². The molecule has 0 radical (unpaired) electrons. The van der Waals surface area contributed by atoms with Crippen molar-refractivity contribution >= 4 is 44.1 Å². The van der Waals surface area contributed by atoms with E-state index in [0.717, 1.165) is 27.7 Å². The number of anilines is 1. The molecule has 4 aromatic rings. The molecule has 0 aliphatic rings. The van der Waals surface area contributed by atoms with Crippen LogP contribution in [0, 0.1) is 0 Å². The number of carbonyl (C=O) groups is 1. The Bertz CT molecular complexity index is 1530. The third-order valence-electron chi connectivity index (χ3n) is 6.79. The first-order valence-electron chi connectivity index (χ1n) is 12.6. The van der Waals surface area contributed by atoms with Crippen LogP contribution in [-0.2, 0) is 10.0 Å². The number of nitrogens with zero attached hydrogens (tertiary/aromatic N) is 2. The van der Waals surface area contributed by atoms with Crippen molar-refractivity contribution in [3.8, 4) is 0 Å². The molecule has 0 unspecified atom stereocenters. The molecule has 1 heterocycles. The molecule has 4 rings (SSSR count). The first kappa shape index (κ1) is 27.7. The summed E-state index contributed by atoms with van der Waals surface area (Å²) in [5, 5.41) is 4.20. The van der Waals surface area contributed by atoms with Crippen LogP contribution in [0.4, 0.5) is 5.69 Å². The second-order valence-electron chi connectivity index (χ2n) is 9.27. The number of hydrogen-bond donors (Lipinski definition) is 2. The zero-order valence-corrected chi connectivity index (χ0v) is 23.6. The summed E-state index contributed by atoms with van der Waals surface area (Å²) in [6, 6.07) is 20.7. The molecule has 0 saturated carbocycles. The molecule has 3 aromatic carbocycles. The Morgan fingerprint density at radius 2 is 1.68 bits per heavy atom. The average Bonchev–Trinajstić information content (AvgIpc) is 3.33. The van der Waals surface area contributed by atoms with Crippen molar-refractivity contribution in [1.29, 1.82) is 0 Å². The molecule has 0 spiro atoms. The molecule has 0 fully saturated rings. The van der Waals surface area contributed by atoms with Gasteiger partial charge in [-0.2, -0.15) is 4.31 Å². The summed E-state index contributed by atoms with van der Waals surface area (Å²) >= 11 is 6.26. The van der Waals surface area contributed by atoms with Gasteiger partial charge in [-0.15, -0.1) is 0 Å². The number of para-hydroxylation sites is 1. The minimum atomic E-state index is -3.82. The number of fused-ring (bicyclic) bond motifs is 1. The first-order chi connectivity index (χ1) is 18.2. The van der Waals surface area contributed by atoms with Gasteiger partial charge < -0.3 is 15.2 Å². The molecule has 1 amide bonds. The number of carbonyl (C=O) groups excluding carboxylic acids is 1. The quantitative estimate of drug-likeness (QED) is 0.273. The van der Waals surface area contributed by atoms with E-state index in [1.54, 1.807) is 19.9 Å². The Kier molecular flexibility index (Phi) is 8.45. The van der Waals surface area contributed by atoms with E-state index in [0.29, 0.717) is 19.6 Å². The van der Waals surface area contributed by atoms with Crippen molar-refractivity contribution in [1.82, 2.24) is 14.6 Å². The third kappa shape index (κ3) is 5.57. The number of hydrogen-bond acceptors (Lipinski definition) is 4. The molecule has 0 aliphatic carbocycles. The summed E-state index contributed by atoms with van der Waals surface area (Å²) in [4.78, 5) is 18.6. The smallest absolute Gasteiger partial charge is 0.251 e. The van der Waals surface area contributed by atoms with Crippen molar-refractivity contribution in [3.63, 3.8) is 0 Å². The standard InChI is InChI=1S/C29H33ClN4O3S/c1-5-34(6-2)38(36,37)28-17-21(13-16-26(28)30)29(35)32-18-24(20-11-14-22(15-12-20)33(3)4)25-19-31-27-10-8-7-9-23(25)27/h7-17,19,24,31H,5-6,18H2,1-4H3,(H,32,35)/t24-/m1/s1. The summed E-state index contributed by atoms with van der Waals surface area (Å²) in [7, 11) is 0.167. The molecule has 0 saturated heterocycles. The molecular formula is C29H33ClN4O3S. The molecule has 0 aliphatic heterocycles. The van der Waals surface area contributed by atoms with Gasteiger partial charge in [-0.25, -0.2) is 8.42 Å². The van der Waals surface area contributed by atoms with E-state index < -0.39 is 10.0 Å². The predicted molar refractivity (Wildman–Crippen MR) is 155 cm³/mol. The average molecular weight is 553 g/mol. The highest BCUT2D eigenvalue weighted by Crippen LogP contribution is 2.32. The van der Waals surface area contributed by atoms with Crippen LogP contribution in [0.3, 0.4) is 0 Å². The zero-order chi connectivity index (χ0) is 27.4. The fraction of sp³-hybridized carbons (Fsp3) is 0.276. The van der Waals surface area contributed by atoms with Crippen LogP contribution in [0.2, 0.25) is 5.02 Å². The molecule has 2 N–H and O–H groups in total. The van der Waals surface area contributed by atoms with Crippen molar-refractivity contribution in [2.75, 3.05) is 38.6 Å². The highest BCUT2D eigenvalue weighted by atomic mass is 35.5. The number of benzene rings is 3. The normalized spacial score (nSPS) is 12.6. The first-order valence-corrected chi connectivity index (χ1v) is 14.4. The predicted octanol–water partition coefficient (Wildman–Crippen LogP) is 5.48. The largest absolute Gasteiger partial charge is 0.378 e. The van der Waals surface area contributed by atoms with Crippen LogP contribution < -0.4 is 10.2 Å². The molecular weight excluding hydrogens is 520 g/mol. The molecule has 38 heavy (non-hydrogen) atoms. The monoisotopic (exact) mass is 552 g/mol. The van der Waals surface area contributed by atoms with E-state index in [4.69, 9.17) is 11.6 Å². The van der Waals surface area contributed by atoms with Gasteiger partial charge in [0, 0.05) is 68.0 Å². The maximum atomic E-state index is 13.3. The summed E-state index contributed by atoms with van der Waals surface area (Å²) in [5.41, 5.74) is 4.47. The molecule has 7 nitrogen and oxygen atoms in total. The summed E-state index contributed by atoms with van der Waals surface area (Å²) in [6.07, 6.45) is 1.98. The van der Waals surface area contributed by atoms with Gasteiger partial charge in [-0.3, -0.25) is 4.79 Å². The van der Waals surface area contributed by atoms with Crippen LogP contribution in [0.5, 0.6) is 0 Å². The Hall–Kier alpha value is -3.33. The number of sulfonamides is 1. The van der Waals surface area contributed by atoms with E-state index in [2.05, 4.69) is 40.6 Å². The highest BCUT2D eigenvalue weighted by molar-refractivity contribution is 7.89. The Labute approximate surface area is 229 Å². The Balaban J connectivity index is 1.65. The van der Waals surface area contributed by atoms with Gasteiger partial charge >= 0.3 is 0 Å². The van der Waals surface area contributed by atoms with Gasteiger partial charge in [-0.1, -0.05) is 55.8 Å². The summed E-state index contributed by atoms with van der Waals surface area (Å²) < 4.78 is 27.5. The molecule has 1 aromatic heterocycles. The van der Waals surface area contributed by atoms with Gasteiger partial charge in [0.1, 0.15) is 4.90 Å². The topological polar surface area (TPSA) is 85.5 Å². The van der Waals surface area contributed by atoms with Crippen LogP contribution in [0.15, 0.2) is 77.8 Å². The number of nitrogens with one attached hydrogen (secondary N) is 2. The van der Waals surface area contributed by atoms with Crippen molar-refractivity contribution in [2.45, 2.75) is 24.7 Å². The van der Waals surface area contributed by atoms with Crippen molar-refractivity contribution in [2.24, 2.45) is 0 Å². The second-order valence-corrected chi connectivity index (χ2v) is 11.6. The number of amides is 1.